The van der Waals surface area contributed by atoms with Crippen LogP contribution in [-0.4, -0.2) is 30.4 Å². The van der Waals surface area contributed by atoms with E-state index >= 15 is 0 Å². The van der Waals surface area contributed by atoms with Crippen molar-refractivity contribution in [2.75, 3.05) is 0 Å². The van der Waals surface area contributed by atoms with Crippen LogP contribution in [0, 0.1) is 0 Å². The molecule has 6 nitrogen and oxygen atoms in total. The van der Waals surface area contributed by atoms with Crippen molar-refractivity contribution >= 4 is 0 Å². The van der Waals surface area contributed by atoms with Gasteiger partial charge in [0.25, 0.3) is 0 Å². The Kier molecular flexibility index (Phi) is 2.65. The number of nitrogens with zero attached hydrogens (tertiary/aromatic N) is 4. The highest BCUT2D eigenvalue weighted by Crippen LogP contribution is 1.93. The normalized spacial score (nSPS) is 11.1. The maximum atomic E-state index is 4.00. The van der Waals surface area contributed by atoms with Crippen molar-refractivity contribution in [1.82, 2.24) is 30.4 Å². The van der Waals surface area contributed by atoms with Gasteiger partial charge in [0.15, 0.2) is 11.6 Å². The fraction of sp³-hybridized carbons (Fsp3) is 0.250. The van der Waals surface area contributed by atoms with Gasteiger partial charge in [-0.15, -0.1) is 0 Å². The summed E-state index contributed by atoms with van der Waals surface area (Å²) in [7, 11) is 0. The lowest BCUT2D eigenvalue weighted by Crippen LogP contribution is -1.86. The van der Waals surface area contributed by atoms with Gasteiger partial charge in [-0.05, 0) is 0 Å². The summed E-state index contributed by atoms with van der Waals surface area (Å²) in [6, 6.07) is 0. The van der Waals surface area contributed by atoms with Gasteiger partial charge in [0.05, 0.1) is 0 Å². The molecule has 0 bridgehead atoms. The topological polar surface area (TPSA) is 83.1 Å². The molecule has 2 N–H and O–H groups in total. The average molecular weight is 190 g/mol. The molecule has 0 aliphatic heterocycles. The van der Waals surface area contributed by atoms with Crippen LogP contribution in [0.1, 0.15) is 11.6 Å². The van der Waals surface area contributed by atoms with Gasteiger partial charge in [-0.3, -0.25) is 10.2 Å². The van der Waals surface area contributed by atoms with Crippen LogP contribution in [0.15, 0.2) is 24.8 Å². The summed E-state index contributed by atoms with van der Waals surface area (Å²) in [5.41, 5.74) is 0. The number of hydrogen-bond acceptors (Lipinski definition) is 4. The first-order valence-corrected chi connectivity index (χ1v) is 4.29. The summed E-state index contributed by atoms with van der Waals surface area (Å²) >= 11 is 0. The van der Waals surface area contributed by atoms with E-state index in [1.807, 2.05) is 12.2 Å². The molecule has 0 aliphatic rings. The third-order valence-corrected chi connectivity index (χ3v) is 1.70. The molecule has 0 aromatic carbocycles. The van der Waals surface area contributed by atoms with E-state index in [0.29, 0.717) is 0 Å². The van der Waals surface area contributed by atoms with Crippen molar-refractivity contribution < 1.29 is 0 Å². The lowest BCUT2D eigenvalue weighted by molar-refractivity contribution is 0.970. The third-order valence-electron chi connectivity index (χ3n) is 1.70. The minimum absolute atomic E-state index is 0.730. The van der Waals surface area contributed by atoms with Crippen molar-refractivity contribution in [2.45, 2.75) is 12.8 Å². The molecule has 0 fully saturated rings. The van der Waals surface area contributed by atoms with Crippen molar-refractivity contribution in [2.24, 2.45) is 0 Å². The Morgan fingerprint density at radius 1 is 0.929 bits per heavy atom. The van der Waals surface area contributed by atoms with Gasteiger partial charge in [-0.2, -0.15) is 10.2 Å². The zero-order valence-electron chi connectivity index (χ0n) is 7.51. The molecule has 0 aliphatic carbocycles. The number of nitrogens with one attached hydrogen (secondary N) is 2. The van der Waals surface area contributed by atoms with E-state index in [0.717, 1.165) is 24.5 Å². The highest BCUT2D eigenvalue weighted by atomic mass is 15.2. The summed E-state index contributed by atoms with van der Waals surface area (Å²) in [4.78, 5) is 7.99. The van der Waals surface area contributed by atoms with E-state index in [9.17, 15) is 0 Å². The number of aromatic nitrogens is 6. The third kappa shape index (κ3) is 2.25. The van der Waals surface area contributed by atoms with Gasteiger partial charge in [0.1, 0.15) is 12.7 Å². The maximum Gasteiger partial charge on any atom is 0.154 e. The van der Waals surface area contributed by atoms with Crippen LogP contribution in [0.25, 0.3) is 0 Å². The Bertz CT molecular complexity index is 336. The summed E-state index contributed by atoms with van der Waals surface area (Å²) < 4.78 is 0. The monoisotopic (exact) mass is 190 g/mol. The highest BCUT2D eigenvalue weighted by molar-refractivity contribution is 4.98. The van der Waals surface area contributed by atoms with Crippen LogP contribution < -0.4 is 0 Å². The molecule has 14 heavy (non-hydrogen) atoms. The Hall–Kier alpha value is -1.98. The molecule has 0 radical (unpaired) electrons. The molecule has 2 aromatic heterocycles. The standard InChI is InChI=1S/C8H10N6/c1(3-7-9-5-11-13-7)2-4-8-10-6-12-14-8/h1-2,5-6H,3-4H2,(H,9,11,13)(H,10,12,14). The minimum atomic E-state index is 0.730. The number of hydrogen-bond donors (Lipinski definition) is 2. The molecule has 0 saturated heterocycles. The van der Waals surface area contributed by atoms with Crippen LogP contribution in [0.5, 0.6) is 0 Å². The SMILES string of the molecule is C(=CCc1nc[nH]n1)Cc1nc[nH]n1. The molecular weight excluding hydrogens is 180 g/mol. The minimum Gasteiger partial charge on any atom is -0.266 e. The molecule has 0 spiro atoms. The molecule has 2 rings (SSSR count). The van der Waals surface area contributed by atoms with Gasteiger partial charge in [0, 0.05) is 12.8 Å². The van der Waals surface area contributed by atoms with Crippen molar-refractivity contribution in [3.05, 3.63) is 36.5 Å². The number of allylic oxidation sites excluding steroid dienone is 2. The number of rotatable bonds is 4. The van der Waals surface area contributed by atoms with Crippen LogP contribution in [0.4, 0.5) is 0 Å². The molecule has 2 aromatic rings. The highest BCUT2D eigenvalue weighted by Gasteiger charge is 1.93. The molecule has 0 saturated carbocycles. The van der Waals surface area contributed by atoms with Crippen molar-refractivity contribution in [3.8, 4) is 0 Å². The van der Waals surface area contributed by atoms with Crippen molar-refractivity contribution in [1.29, 1.82) is 0 Å². The first-order chi connectivity index (χ1) is 6.95. The smallest absolute Gasteiger partial charge is 0.154 e. The lowest BCUT2D eigenvalue weighted by atomic mass is 10.3. The second-order valence-corrected chi connectivity index (χ2v) is 2.71. The van der Waals surface area contributed by atoms with E-state index in [1.165, 1.54) is 0 Å². The lowest BCUT2D eigenvalue weighted by Gasteiger charge is -1.85. The van der Waals surface area contributed by atoms with Gasteiger partial charge in [-0.1, -0.05) is 12.2 Å². The summed E-state index contributed by atoms with van der Waals surface area (Å²) in [6.45, 7) is 0. The quantitative estimate of drug-likeness (QED) is 0.677. The fourth-order valence-electron chi connectivity index (χ4n) is 1.05. The molecular formula is C8H10N6. The van der Waals surface area contributed by atoms with E-state index in [4.69, 9.17) is 0 Å². The van der Waals surface area contributed by atoms with Gasteiger partial charge in [0.2, 0.25) is 0 Å². The zero-order valence-corrected chi connectivity index (χ0v) is 7.51. The van der Waals surface area contributed by atoms with Gasteiger partial charge < -0.3 is 0 Å². The van der Waals surface area contributed by atoms with E-state index in [1.54, 1.807) is 12.7 Å². The molecule has 0 amide bonds. The molecule has 72 valence electrons. The summed E-state index contributed by atoms with van der Waals surface area (Å²) in [5, 5.41) is 13.2. The van der Waals surface area contributed by atoms with E-state index in [-0.39, 0.29) is 0 Å². The summed E-state index contributed by atoms with van der Waals surface area (Å²) in [6.07, 6.45) is 8.60. The second-order valence-electron chi connectivity index (χ2n) is 2.71. The maximum absolute atomic E-state index is 4.00. The van der Waals surface area contributed by atoms with Gasteiger partial charge in [-0.25, -0.2) is 9.97 Å². The average Bonchev–Trinajstić information content (AvgIpc) is 2.86. The second kappa shape index (κ2) is 4.31. The number of H-pyrrole nitrogens is 2. The molecule has 2 heterocycles. The van der Waals surface area contributed by atoms with E-state index < -0.39 is 0 Å². The van der Waals surface area contributed by atoms with Crippen LogP contribution in [-0.2, 0) is 12.8 Å². The molecule has 0 unspecified atom stereocenters. The molecule has 0 atom stereocenters. The Balaban J connectivity index is 1.79. The first-order valence-electron chi connectivity index (χ1n) is 4.29. The van der Waals surface area contributed by atoms with E-state index in [2.05, 4.69) is 30.4 Å². The number of aromatic amines is 2. The Morgan fingerprint density at radius 2 is 1.43 bits per heavy atom. The molecule has 6 heteroatoms. The summed E-state index contributed by atoms with van der Waals surface area (Å²) in [5.74, 6) is 1.58. The Morgan fingerprint density at radius 3 is 1.79 bits per heavy atom. The largest absolute Gasteiger partial charge is 0.266 e. The first kappa shape index (κ1) is 8.61. The van der Waals surface area contributed by atoms with Crippen LogP contribution in [0.3, 0.4) is 0 Å². The van der Waals surface area contributed by atoms with Crippen LogP contribution >= 0.6 is 0 Å². The zero-order chi connectivity index (χ0) is 9.64. The Labute approximate surface area is 80.5 Å². The predicted octanol–water partition coefficient (Wildman–Crippen LogP) is 0.264. The predicted molar refractivity (Wildman–Crippen MR) is 49.3 cm³/mol. The van der Waals surface area contributed by atoms with Gasteiger partial charge >= 0.3 is 0 Å². The van der Waals surface area contributed by atoms with Crippen molar-refractivity contribution in [3.63, 3.8) is 0 Å². The fourth-order valence-corrected chi connectivity index (χ4v) is 1.05. The van der Waals surface area contributed by atoms with Crippen LogP contribution in [0.2, 0.25) is 0 Å².